The predicted molar refractivity (Wildman–Crippen MR) is 85.5 cm³/mol. The van der Waals surface area contributed by atoms with Crippen molar-refractivity contribution in [2.75, 3.05) is 13.2 Å². The van der Waals surface area contributed by atoms with Gasteiger partial charge in [0.15, 0.2) is 0 Å². The fraction of sp³-hybridized carbons (Fsp3) is 0.312. The molecule has 0 fully saturated rings. The van der Waals surface area contributed by atoms with Gasteiger partial charge in [0.1, 0.15) is 17.8 Å². The van der Waals surface area contributed by atoms with Crippen molar-refractivity contribution in [3.8, 4) is 5.75 Å². The molecule has 6 heteroatoms. The molecule has 0 saturated carbocycles. The Morgan fingerprint density at radius 2 is 2.18 bits per heavy atom. The van der Waals surface area contributed by atoms with Gasteiger partial charge in [0.05, 0.1) is 18.7 Å². The van der Waals surface area contributed by atoms with Gasteiger partial charge >= 0.3 is 0 Å². The fourth-order valence-electron chi connectivity index (χ4n) is 2.55. The van der Waals surface area contributed by atoms with E-state index >= 15 is 0 Å². The maximum absolute atomic E-state index is 12.1. The van der Waals surface area contributed by atoms with Crippen LogP contribution in [0.1, 0.15) is 34.0 Å². The van der Waals surface area contributed by atoms with E-state index in [1.165, 1.54) is 6.26 Å². The number of furan rings is 1. The van der Waals surface area contributed by atoms with E-state index in [9.17, 15) is 4.79 Å². The van der Waals surface area contributed by atoms with Gasteiger partial charge in [-0.05, 0) is 24.1 Å². The van der Waals surface area contributed by atoms with Gasteiger partial charge in [0.25, 0.3) is 5.91 Å². The number of carbonyl (C=O) groups excluding carboxylic acids is 1. The van der Waals surface area contributed by atoms with Crippen molar-refractivity contribution in [3.05, 3.63) is 53.5 Å². The average Bonchev–Trinajstić information content (AvgIpc) is 3.01. The lowest BCUT2D eigenvalue weighted by Gasteiger charge is -2.25. The maximum Gasteiger partial charge on any atom is 0.254 e. The lowest BCUT2D eigenvalue weighted by Crippen LogP contribution is -2.30. The van der Waals surface area contributed by atoms with Gasteiger partial charge in [-0.1, -0.05) is 18.2 Å². The summed E-state index contributed by atoms with van der Waals surface area (Å²) in [5, 5.41) is 2.95. The number of ether oxygens (including phenoxy) is 1. The molecule has 5 nitrogen and oxygen atoms in total. The summed E-state index contributed by atoms with van der Waals surface area (Å²) in [4.78, 5) is 12.1. The second-order valence-electron chi connectivity index (χ2n) is 5.09. The highest BCUT2D eigenvalue weighted by Gasteiger charge is 2.21. The number of hydrogen-bond acceptors (Lipinski definition) is 4. The molecule has 0 spiro atoms. The molecule has 1 aromatic carbocycles. The van der Waals surface area contributed by atoms with Crippen molar-refractivity contribution < 1.29 is 13.9 Å². The number of halogens is 1. The first-order valence-electron chi connectivity index (χ1n) is 7.05. The van der Waals surface area contributed by atoms with E-state index in [1.54, 1.807) is 6.07 Å². The van der Waals surface area contributed by atoms with E-state index in [0.717, 1.165) is 17.7 Å². The van der Waals surface area contributed by atoms with Crippen LogP contribution in [0.3, 0.4) is 0 Å². The van der Waals surface area contributed by atoms with Gasteiger partial charge in [-0.25, -0.2) is 0 Å². The zero-order valence-electron chi connectivity index (χ0n) is 12.1. The summed E-state index contributed by atoms with van der Waals surface area (Å²) in [6, 6.07) is 9.64. The minimum Gasteiger partial charge on any atom is -0.493 e. The molecule has 0 radical (unpaired) electrons. The molecular formula is C16H19ClN2O3. The summed E-state index contributed by atoms with van der Waals surface area (Å²) >= 11 is 0. The van der Waals surface area contributed by atoms with Gasteiger partial charge in [0, 0.05) is 12.5 Å². The van der Waals surface area contributed by atoms with Crippen molar-refractivity contribution in [2.45, 2.75) is 18.9 Å². The van der Waals surface area contributed by atoms with E-state index in [-0.39, 0.29) is 24.2 Å². The van der Waals surface area contributed by atoms with Gasteiger partial charge in [-0.15, -0.1) is 12.4 Å². The highest BCUT2D eigenvalue weighted by Crippen LogP contribution is 2.32. The number of nitrogens with one attached hydrogen (secondary N) is 1. The van der Waals surface area contributed by atoms with Crippen LogP contribution in [0.25, 0.3) is 0 Å². The van der Waals surface area contributed by atoms with Gasteiger partial charge in [-0.2, -0.15) is 0 Å². The van der Waals surface area contributed by atoms with Crippen LogP contribution in [-0.2, 0) is 6.54 Å². The van der Waals surface area contributed by atoms with Crippen molar-refractivity contribution >= 4 is 18.3 Å². The fourth-order valence-corrected chi connectivity index (χ4v) is 2.55. The summed E-state index contributed by atoms with van der Waals surface area (Å²) in [7, 11) is 0. The Morgan fingerprint density at radius 1 is 1.36 bits per heavy atom. The van der Waals surface area contributed by atoms with E-state index in [2.05, 4.69) is 11.4 Å². The molecule has 118 valence electrons. The van der Waals surface area contributed by atoms with Crippen LogP contribution in [0.5, 0.6) is 5.75 Å². The number of carbonyl (C=O) groups is 1. The second-order valence-corrected chi connectivity index (χ2v) is 5.09. The monoisotopic (exact) mass is 322 g/mol. The summed E-state index contributed by atoms with van der Waals surface area (Å²) in [5.41, 5.74) is 7.13. The lowest BCUT2D eigenvalue weighted by molar-refractivity contribution is 0.0947. The quantitative estimate of drug-likeness (QED) is 0.906. The van der Waals surface area contributed by atoms with E-state index in [4.69, 9.17) is 14.9 Å². The first-order valence-corrected chi connectivity index (χ1v) is 7.05. The van der Waals surface area contributed by atoms with Crippen molar-refractivity contribution in [1.29, 1.82) is 0 Å². The number of benzene rings is 1. The van der Waals surface area contributed by atoms with Gasteiger partial charge in [0.2, 0.25) is 0 Å². The highest BCUT2D eigenvalue weighted by molar-refractivity contribution is 5.94. The molecular weight excluding hydrogens is 304 g/mol. The lowest BCUT2D eigenvalue weighted by atomic mass is 9.93. The molecule has 1 amide bonds. The van der Waals surface area contributed by atoms with Gasteiger partial charge < -0.3 is 20.2 Å². The van der Waals surface area contributed by atoms with Crippen molar-refractivity contribution in [3.63, 3.8) is 0 Å². The second kappa shape index (κ2) is 7.33. The third-order valence-electron chi connectivity index (χ3n) is 3.71. The third-order valence-corrected chi connectivity index (χ3v) is 3.71. The molecule has 1 atom stereocenters. The molecule has 3 rings (SSSR count). The zero-order valence-corrected chi connectivity index (χ0v) is 12.9. The Hall–Kier alpha value is -1.98. The number of para-hydroxylation sites is 1. The Kier molecular flexibility index (Phi) is 5.46. The average molecular weight is 323 g/mol. The first-order chi connectivity index (χ1) is 10.3. The highest BCUT2D eigenvalue weighted by atomic mass is 35.5. The van der Waals surface area contributed by atoms with Gasteiger partial charge in [-0.3, -0.25) is 4.79 Å². The number of rotatable bonds is 4. The van der Waals surface area contributed by atoms with Crippen LogP contribution in [0.15, 0.2) is 41.0 Å². The molecule has 22 heavy (non-hydrogen) atoms. The molecule has 2 aromatic rings. The maximum atomic E-state index is 12.1. The molecule has 0 saturated heterocycles. The first kappa shape index (κ1) is 16.4. The molecule has 1 unspecified atom stereocenters. The van der Waals surface area contributed by atoms with E-state index in [1.807, 2.05) is 18.2 Å². The Morgan fingerprint density at radius 3 is 2.95 bits per heavy atom. The van der Waals surface area contributed by atoms with Crippen molar-refractivity contribution in [2.24, 2.45) is 5.73 Å². The number of fused-ring (bicyclic) bond motifs is 1. The normalized spacial score (nSPS) is 16.1. The smallest absolute Gasteiger partial charge is 0.254 e. The minimum atomic E-state index is -0.137. The summed E-state index contributed by atoms with van der Waals surface area (Å²) in [6.45, 7) is 1.56. The summed E-state index contributed by atoms with van der Waals surface area (Å²) in [6.07, 6.45) is 2.34. The molecule has 3 N–H and O–H groups in total. The predicted octanol–water partition coefficient (Wildman–Crippen LogP) is 2.46. The van der Waals surface area contributed by atoms with Crippen LogP contribution in [0.4, 0.5) is 0 Å². The van der Waals surface area contributed by atoms with E-state index < -0.39 is 0 Å². The molecule has 2 heterocycles. The molecule has 1 aliphatic rings. The summed E-state index contributed by atoms with van der Waals surface area (Å²) in [5.74, 6) is 1.66. The molecule has 1 aliphatic heterocycles. The van der Waals surface area contributed by atoms with Crippen LogP contribution in [0.2, 0.25) is 0 Å². The number of nitrogens with two attached hydrogens (primary N) is 1. The Labute approximate surface area is 135 Å². The summed E-state index contributed by atoms with van der Waals surface area (Å²) < 4.78 is 10.8. The van der Waals surface area contributed by atoms with Crippen LogP contribution >= 0.6 is 12.4 Å². The number of amides is 1. The van der Waals surface area contributed by atoms with Crippen LogP contribution in [0, 0.1) is 0 Å². The van der Waals surface area contributed by atoms with Crippen LogP contribution < -0.4 is 15.8 Å². The van der Waals surface area contributed by atoms with E-state index in [0.29, 0.717) is 31.0 Å². The molecule has 0 bridgehead atoms. The standard InChI is InChI=1S/C16H18N2O3.ClH/c17-8-13-7-12(10-21-13)16(19)18-9-11-5-6-20-15-4-2-1-3-14(11)15;/h1-4,7,10-11H,5-6,8-9,17H2,(H,18,19);1H. The zero-order chi connectivity index (χ0) is 14.7. The SMILES string of the molecule is Cl.NCc1cc(C(=O)NCC2CCOc3ccccc32)co1. The Bertz CT molecular complexity index is 642. The Balaban J connectivity index is 0.00000176. The minimum absolute atomic E-state index is 0. The van der Waals surface area contributed by atoms with Crippen LogP contribution in [-0.4, -0.2) is 19.1 Å². The third kappa shape index (κ3) is 3.43. The number of hydrogen-bond donors (Lipinski definition) is 2. The topological polar surface area (TPSA) is 77.5 Å². The molecule has 0 aliphatic carbocycles. The largest absolute Gasteiger partial charge is 0.493 e. The van der Waals surface area contributed by atoms with Crippen molar-refractivity contribution in [1.82, 2.24) is 5.32 Å². The molecule has 1 aromatic heterocycles.